The molecule has 1 aromatic rings. The zero-order valence-corrected chi connectivity index (χ0v) is 9.85. The van der Waals surface area contributed by atoms with Crippen LogP contribution in [0.4, 0.5) is 11.5 Å². The number of amides is 1. The van der Waals surface area contributed by atoms with Gasteiger partial charge in [-0.05, 0) is 25.0 Å². The molecule has 1 amide bonds. The number of anilines is 2. The maximum absolute atomic E-state index is 11.1. The van der Waals surface area contributed by atoms with Crippen molar-refractivity contribution < 1.29 is 14.7 Å². The number of aromatic nitrogens is 1. The minimum absolute atomic E-state index is 0.348. The molecule has 0 radical (unpaired) electrons. The number of carbonyl (C=O) groups excluding carboxylic acids is 1. The summed E-state index contributed by atoms with van der Waals surface area (Å²) in [5.74, 6) is -2.04. The van der Waals surface area contributed by atoms with E-state index in [0.717, 1.165) is 12.8 Å². The maximum atomic E-state index is 11.1. The fourth-order valence-electron chi connectivity index (χ4n) is 2.06. The molecule has 1 heterocycles. The van der Waals surface area contributed by atoms with Gasteiger partial charge in [-0.25, -0.2) is 9.78 Å². The van der Waals surface area contributed by atoms with Crippen LogP contribution >= 0.6 is 0 Å². The summed E-state index contributed by atoms with van der Waals surface area (Å²) in [6.07, 6.45) is 6.11. The van der Waals surface area contributed by atoms with Crippen LogP contribution in [0.15, 0.2) is 18.3 Å². The number of carboxylic acid groups (broad SMARTS) is 1. The van der Waals surface area contributed by atoms with E-state index in [1.165, 1.54) is 12.8 Å². The van der Waals surface area contributed by atoms with Gasteiger partial charge < -0.3 is 15.7 Å². The zero-order valence-electron chi connectivity index (χ0n) is 9.85. The number of hydrogen-bond donors (Lipinski definition) is 3. The van der Waals surface area contributed by atoms with Crippen molar-refractivity contribution in [1.29, 1.82) is 0 Å². The minimum atomic E-state index is -1.51. The summed E-state index contributed by atoms with van der Waals surface area (Å²) in [6, 6.07) is 3.63. The molecule has 6 heteroatoms. The highest BCUT2D eigenvalue weighted by atomic mass is 16.4. The Morgan fingerprint density at radius 2 is 2.06 bits per heavy atom. The van der Waals surface area contributed by atoms with E-state index in [2.05, 4.69) is 15.6 Å². The third-order valence-electron chi connectivity index (χ3n) is 2.95. The molecule has 2 rings (SSSR count). The lowest BCUT2D eigenvalue weighted by Gasteiger charge is -2.15. The van der Waals surface area contributed by atoms with Crippen LogP contribution < -0.4 is 10.6 Å². The average molecular weight is 249 g/mol. The van der Waals surface area contributed by atoms with Crippen molar-refractivity contribution >= 4 is 23.4 Å². The smallest absolute Gasteiger partial charge is 0.394 e. The number of carboxylic acids is 1. The van der Waals surface area contributed by atoms with Crippen molar-refractivity contribution in [3.05, 3.63) is 18.3 Å². The monoisotopic (exact) mass is 249 g/mol. The predicted octanol–water partition coefficient (Wildman–Crippen LogP) is 1.46. The molecule has 0 unspecified atom stereocenters. The third-order valence-corrected chi connectivity index (χ3v) is 2.95. The summed E-state index contributed by atoms with van der Waals surface area (Å²) in [4.78, 5) is 25.8. The van der Waals surface area contributed by atoms with Gasteiger partial charge in [-0.15, -0.1) is 0 Å². The molecule has 0 saturated heterocycles. The zero-order chi connectivity index (χ0) is 13.0. The Hall–Kier alpha value is -2.11. The summed E-state index contributed by atoms with van der Waals surface area (Å²) in [5.41, 5.74) is 0.400. The molecule has 1 saturated carbocycles. The minimum Gasteiger partial charge on any atom is -0.474 e. The number of hydrogen-bond acceptors (Lipinski definition) is 4. The molecule has 6 nitrogen and oxygen atoms in total. The van der Waals surface area contributed by atoms with Crippen LogP contribution in [-0.2, 0) is 9.59 Å². The summed E-state index contributed by atoms with van der Waals surface area (Å²) in [7, 11) is 0. The van der Waals surface area contributed by atoms with E-state index < -0.39 is 11.9 Å². The third kappa shape index (κ3) is 2.97. The van der Waals surface area contributed by atoms with Crippen LogP contribution in [0.1, 0.15) is 25.7 Å². The first kappa shape index (κ1) is 12.3. The second-order valence-corrected chi connectivity index (χ2v) is 4.28. The van der Waals surface area contributed by atoms with E-state index in [4.69, 9.17) is 5.11 Å². The van der Waals surface area contributed by atoms with Crippen LogP contribution in [0.2, 0.25) is 0 Å². The van der Waals surface area contributed by atoms with Crippen molar-refractivity contribution in [3.8, 4) is 0 Å². The van der Waals surface area contributed by atoms with Crippen LogP contribution in [0.5, 0.6) is 0 Å². The van der Waals surface area contributed by atoms with Gasteiger partial charge >= 0.3 is 11.9 Å². The first-order valence-electron chi connectivity index (χ1n) is 5.92. The van der Waals surface area contributed by atoms with Gasteiger partial charge in [0.15, 0.2) is 0 Å². The Morgan fingerprint density at radius 3 is 2.72 bits per heavy atom. The summed E-state index contributed by atoms with van der Waals surface area (Å²) in [6.45, 7) is 0. The topological polar surface area (TPSA) is 91.3 Å². The molecular weight excluding hydrogens is 234 g/mol. The van der Waals surface area contributed by atoms with Crippen LogP contribution in [0, 0.1) is 0 Å². The van der Waals surface area contributed by atoms with Crippen molar-refractivity contribution in [2.75, 3.05) is 10.6 Å². The van der Waals surface area contributed by atoms with Crippen LogP contribution in [-0.4, -0.2) is 28.0 Å². The van der Waals surface area contributed by atoms with E-state index in [-0.39, 0.29) is 0 Å². The molecule has 1 fully saturated rings. The number of carbonyl (C=O) groups is 2. The van der Waals surface area contributed by atoms with E-state index >= 15 is 0 Å². The van der Waals surface area contributed by atoms with Gasteiger partial charge in [-0.1, -0.05) is 12.8 Å². The standard InChI is InChI=1S/C12H15N3O3/c16-11(12(17)18)15-9-6-3-7-13-10(9)14-8-4-1-2-5-8/h3,6-8H,1-2,4-5H2,(H,13,14)(H,15,16)(H,17,18). The molecule has 1 aromatic heterocycles. The Morgan fingerprint density at radius 1 is 1.33 bits per heavy atom. The molecule has 0 atom stereocenters. The van der Waals surface area contributed by atoms with Gasteiger partial charge in [0.1, 0.15) is 5.82 Å². The Bertz CT molecular complexity index is 456. The van der Waals surface area contributed by atoms with Gasteiger partial charge in [-0.3, -0.25) is 4.79 Å². The Balaban J connectivity index is 2.09. The second kappa shape index (κ2) is 5.48. The van der Waals surface area contributed by atoms with Gasteiger partial charge in [0.25, 0.3) is 0 Å². The molecule has 18 heavy (non-hydrogen) atoms. The summed E-state index contributed by atoms with van der Waals surface area (Å²) < 4.78 is 0. The molecule has 96 valence electrons. The van der Waals surface area contributed by atoms with Crippen molar-refractivity contribution in [2.24, 2.45) is 0 Å². The fourth-order valence-corrected chi connectivity index (χ4v) is 2.06. The van der Waals surface area contributed by atoms with Gasteiger partial charge in [0, 0.05) is 12.2 Å². The molecule has 0 aromatic carbocycles. The molecule has 0 spiro atoms. The SMILES string of the molecule is O=C(O)C(=O)Nc1cccnc1NC1CCCC1. The van der Waals surface area contributed by atoms with Crippen LogP contribution in [0.25, 0.3) is 0 Å². The average Bonchev–Trinajstić information content (AvgIpc) is 2.84. The highest BCUT2D eigenvalue weighted by Gasteiger charge is 2.18. The quantitative estimate of drug-likeness (QED) is 0.705. The van der Waals surface area contributed by atoms with E-state index in [1.54, 1.807) is 18.3 Å². The van der Waals surface area contributed by atoms with Crippen molar-refractivity contribution in [3.63, 3.8) is 0 Å². The summed E-state index contributed by atoms with van der Waals surface area (Å²) in [5, 5.41) is 14.1. The van der Waals surface area contributed by atoms with E-state index in [0.29, 0.717) is 17.5 Å². The number of nitrogens with zero attached hydrogens (tertiary/aromatic N) is 1. The van der Waals surface area contributed by atoms with Crippen molar-refractivity contribution in [1.82, 2.24) is 4.98 Å². The summed E-state index contributed by atoms with van der Waals surface area (Å²) >= 11 is 0. The molecule has 3 N–H and O–H groups in total. The predicted molar refractivity (Wildman–Crippen MR) is 66.4 cm³/mol. The number of aliphatic carboxylic acids is 1. The first-order chi connectivity index (χ1) is 8.66. The lowest BCUT2D eigenvalue weighted by molar-refractivity contribution is -0.147. The largest absolute Gasteiger partial charge is 0.474 e. The van der Waals surface area contributed by atoms with E-state index in [1.807, 2.05) is 0 Å². The van der Waals surface area contributed by atoms with Gasteiger partial charge in [0.2, 0.25) is 0 Å². The normalized spacial score (nSPS) is 15.3. The second-order valence-electron chi connectivity index (χ2n) is 4.28. The van der Waals surface area contributed by atoms with Crippen LogP contribution in [0.3, 0.4) is 0 Å². The lowest BCUT2D eigenvalue weighted by Crippen LogP contribution is -2.24. The molecule has 1 aliphatic rings. The highest BCUT2D eigenvalue weighted by Crippen LogP contribution is 2.25. The Labute approximate surface area is 104 Å². The molecule has 0 bridgehead atoms. The fraction of sp³-hybridized carbons (Fsp3) is 0.417. The van der Waals surface area contributed by atoms with E-state index in [9.17, 15) is 9.59 Å². The molecule has 0 aliphatic heterocycles. The highest BCUT2D eigenvalue weighted by molar-refractivity contribution is 6.36. The number of rotatable bonds is 3. The lowest BCUT2D eigenvalue weighted by atomic mass is 10.2. The Kier molecular flexibility index (Phi) is 3.76. The maximum Gasteiger partial charge on any atom is 0.394 e. The molecule has 1 aliphatic carbocycles. The first-order valence-corrected chi connectivity index (χ1v) is 5.92. The van der Waals surface area contributed by atoms with Gasteiger partial charge in [-0.2, -0.15) is 0 Å². The van der Waals surface area contributed by atoms with Crippen molar-refractivity contribution in [2.45, 2.75) is 31.7 Å². The van der Waals surface area contributed by atoms with Gasteiger partial charge in [0.05, 0.1) is 5.69 Å². The number of nitrogens with one attached hydrogen (secondary N) is 2. The number of pyridine rings is 1. The molecular formula is C12H15N3O3.